The van der Waals surface area contributed by atoms with Gasteiger partial charge >= 0.3 is 0 Å². The van der Waals surface area contributed by atoms with Gasteiger partial charge in [0.1, 0.15) is 0 Å². The van der Waals surface area contributed by atoms with E-state index in [1.165, 1.54) is 0 Å². The van der Waals surface area contributed by atoms with Crippen molar-refractivity contribution in [1.29, 1.82) is 0 Å². The Kier molecular flexibility index (Phi) is 2.97. The minimum Gasteiger partial charge on any atom is -0.388 e. The molecule has 1 saturated carbocycles. The van der Waals surface area contributed by atoms with Crippen LogP contribution in [-0.2, 0) is 0 Å². The number of anilines is 1. The van der Waals surface area contributed by atoms with Crippen molar-refractivity contribution in [3.8, 4) is 0 Å². The molecule has 7 nitrogen and oxygen atoms in total. The second kappa shape index (κ2) is 4.88. The van der Waals surface area contributed by atoms with E-state index in [1.54, 1.807) is 4.52 Å². The number of fused-ring (bicyclic) bond motifs is 3. The molecule has 0 aliphatic heterocycles. The highest BCUT2D eigenvalue weighted by atomic mass is 16.3. The van der Waals surface area contributed by atoms with Gasteiger partial charge in [-0.2, -0.15) is 4.52 Å². The van der Waals surface area contributed by atoms with Gasteiger partial charge in [0.2, 0.25) is 5.65 Å². The summed E-state index contributed by atoms with van der Waals surface area (Å²) in [6.07, 6.45) is 2.78. The Labute approximate surface area is 127 Å². The number of benzene rings is 1. The quantitative estimate of drug-likeness (QED) is 0.784. The monoisotopic (exact) mass is 298 g/mol. The predicted octanol–water partition coefficient (Wildman–Crippen LogP) is 1.41. The molecule has 4 rings (SSSR count). The lowest BCUT2D eigenvalue weighted by atomic mass is 9.80. The number of likely N-dealkylation sites (N-methyl/N-ethyl adjacent to an activating group) is 1. The molecule has 1 fully saturated rings. The highest BCUT2D eigenvalue weighted by Crippen LogP contribution is 2.34. The number of tetrazole rings is 1. The summed E-state index contributed by atoms with van der Waals surface area (Å²) in [7, 11) is 0. The van der Waals surface area contributed by atoms with Crippen LogP contribution in [0.2, 0.25) is 0 Å². The maximum Gasteiger partial charge on any atom is 0.222 e. The fourth-order valence-electron chi connectivity index (χ4n) is 3.04. The minimum atomic E-state index is -0.603. The lowest BCUT2D eigenvalue weighted by Crippen LogP contribution is -2.48. The molecule has 0 spiro atoms. The van der Waals surface area contributed by atoms with Crippen molar-refractivity contribution in [3.05, 3.63) is 24.3 Å². The Morgan fingerprint density at radius 1 is 1.32 bits per heavy atom. The summed E-state index contributed by atoms with van der Waals surface area (Å²) in [5.74, 6) is 0.728. The third-order valence-electron chi connectivity index (χ3n) is 4.46. The van der Waals surface area contributed by atoms with Crippen molar-refractivity contribution in [2.75, 3.05) is 18.0 Å². The zero-order chi connectivity index (χ0) is 15.2. The number of hydrogen-bond donors (Lipinski definition) is 1. The van der Waals surface area contributed by atoms with Crippen molar-refractivity contribution in [1.82, 2.24) is 25.0 Å². The van der Waals surface area contributed by atoms with E-state index >= 15 is 0 Å². The van der Waals surface area contributed by atoms with E-state index in [9.17, 15) is 5.11 Å². The van der Waals surface area contributed by atoms with Crippen molar-refractivity contribution in [2.45, 2.75) is 31.8 Å². The highest BCUT2D eigenvalue weighted by Gasteiger charge is 2.36. The van der Waals surface area contributed by atoms with Crippen LogP contribution < -0.4 is 4.90 Å². The summed E-state index contributed by atoms with van der Waals surface area (Å²) in [5.41, 5.74) is 1.75. The summed E-state index contributed by atoms with van der Waals surface area (Å²) in [5, 5.41) is 22.5. The molecule has 7 heteroatoms. The number of para-hydroxylation sites is 2. The van der Waals surface area contributed by atoms with Gasteiger partial charge in [-0.1, -0.05) is 12.1 Å². The molecule has 0 saturated heterocycles. The van der Waals surface area contributed by atoms with Crippen LogP contribution in [0, 0.1) is 0 Å². The first-order valence-electron chi connectivity index (χ1n) is 7.64. The summed E-state index contributed by atoms with van der Waals surface area (Å²) in [4.78, 5) is 6.81. The molecule has 0 atom stereocenters. The lowest BCUT2D eigenvalue weighted by molar-refractivity contribution is -0.0254. The molecule has 1 aliphatic carbocycles. The van der Waals surface area contributed by atoms with Crippen LogP contribution >= 0.6 is 0 Å². The second-order valence-electron chi connectivity index (χ2n) is 5.93. The molecular formula is C15H18N6O. The first kappa shape index (κ1) is 13.4. The Hall–Kier alpha value is -2.28. The van der Waals surface area contributed by atoms with Crippen LogP contribution in [0.25, 0.3) is 16.7 Å². The van der Waals surface area contributed by atoms with E-state index < -0.39 is 5.60 Å². The molecule has 114 valence electrons. The fourth-order valence-corrected chi connectivity index (χ4v) is 3.04. The SMILES string of the molecule is CCN(CC1(O)CCC1)c1nc2ccccc2n2nnnc12. The van der Waals surface area contributed by atoms with E-state index in [0.29, 0.717) is 12.2 Å². The van der Waals surface area contributed by atoms with E-state index in [2.05, 4.69) is 27.3 Å². The number of rotatable bonds is 4. The van der Waals surface area contributed by atoms with E-state index in [1.807, 2.05) is 24.3 Å². The van der Waals surface area contributed by atoms with Crippen LogP contribution in [-0.4, -0.2) is 48.8 Å². The number of aromatic nitrogens is 5. The van der Waals surface area contributed by atoms with Crippen molar-refractivity contribution in [2.24, 2.45) is 0 Å². The van der Waals surface area contributed by atoms with Crippen LogP contribution in [0.4, 0.5) is 5.82 Å². The lowest BCUT2D eigenvalue weighted by Gasteiger charge is -2.40. The maximum atomic E-state index is 10.5. The Bertz CT molecular complexity index is 825. The van der Waals surface area contributed by atoms with E-state index in [-0.39, 0.29) is 0 Å². The third kappa shape index (κ3) is 2.00. The van der Waals surface area contributed by atoms with Gasteiger partial charge in [-0.3, -0.25) is 0 Å². The summed E-state index contributed by atoms with van der Waals surface area (Å²) >= 11 is 0. The minimum absolute atomic E-state index is 0.567. The van der Waals surface area contributed by atoms with Gasteiger partial charge in [-0.15, -0.1) is 5.10 Å². The Balaban J connectivity index is 1.85. The number of hydrogen-bond acceptors (Lipinski definition) is 6. The molecule has 0 bridgehead atoms. The van der Waals surface area contributed by atoms with Gasteiger partial charge in [-0.05, 0) is 48.7 Å². The predicted molar refractivity (Wildman–Crippen MR) is 82.8 cm³/mol. The van der Waals surface area contributed by atoms with Gasteiger partial charge in [-0.25, -0.2) is 4.98 Å². The average Bonchev–Trinajstić information content (AvgIpc) is 3.00. The van der Waals surface area contributed by atoms with E-state index in [0.717, 1.165) is 42.7 Å². The largest absolute Gasteiger partial charge is 0.388 e. The summed E-state index contributed by atoms with van der Waals surface area (Å²) in [6, 6.07) is 7.79. The molecule has 3 aromatic rings. The standard InChI is InChI=1S/C15H18N6O/c1-2-20(10-15(22)8-5-9-15)13-14-17-18-19-21(14)12-7-4-3-6-11(12)16-13/h3-4,6-7,22H,2,5,8-10H2,1H3. The molecule has 1 N–H and O–H groups in total. The fraction of sp³-hybridized carbons (Fsp3) is 0.467. The molecular weight excluding hydrogens is 280 g/mol. The van der Waals surface area contributed by atoms with Crippen molar-refractivity contribution in [3.63, 3.8) is 0 Å². The molecule has 2 heterocycles. The van der Waals surface area contributed by atoms with Crippen molar-refractivity contribution < 1.29 is 5.11 Å². The summed E-state index contributed by atoms with van der Waals surface area (Å²) < 4.78 is 1.71. The van der Waals surface area contributed by atoms with Gasteiger partial charge in [0, 0.05) is 13.1 Å². The second-order valence-corrected chi connectivity index (χ2v) is 5.93. The van der Waals surface area contributed by atoms with Crippen LogP contribution in [0.15, 0.2) is 24.3 Å². The molecule has 2 aromatic heterocycles. The normalized spacial score (nSPS) is 16.8. The number of nitrogens with zero attached hydrogens (tertiary/aromatic N) is 6. The van der Waals surface area contributed by atoms with Crippen molar-refractivity contribution >= 4 is 22.5 Å². The van der Waals surface area contributed by atoms with Crippen LogP contribution in [0.3, 0.4) is 0 Å². The van der Waals surface area contributed by atoms with Gasteiger partial charge in [0.25, 0.3) is 0 Å². The first-order valence-corrected chi connectivity index (χ1v) is 7.64. The third-order valence-corrected chi connectivity index (χ3v) is 4.46. The van der Waals surface area contributed by atoms with Gasteiger partial charge in [0.05, 0.1) is 16.6 Å². The van der Waals surface area contributed by atoms with E-state index in [4.69, 9.17) is 4.98 Å². The zero-order valence-electron chi connectivity index (χ0n) is 12.5. The Morgan fingerprint density at radius 3 is 2.86 bits per heavy atom. The molecule has 22 heavy (non-hydrogen) atoms. The average molecular weight is 298 g/mol. The molecule has 0 radical (unpaired) electrons. The molecule has 1 aliphatic rings. The smallest absolute Gasteiger partial charge is 0.222 e. The summed E-state index contributed by atoms with van der Waals surface area (Å²) in [6.45, 7) is 3.37. The van der Waals surface area contributed by atoms with Crippen LogP contribution in [0.1, 0.15) is 26.2 Å². The Morgan fingerprint density at radius 2 is 2.14 bits per heavy atom. The molecule has 1 aromatic carbocycles. The zero-order valence-corrected chi connectivity index (χ0v) is 12.5. The van der Waals surface area contributed by atoms with Crippen LogP contribution in [0.5, 0.6) is 0 Å². The molecule has 0 amide bonds. The topological polar surface area (TPSA) is 79.4 Å². The first-order chi connectivity index (χ1) is 10.7. The van der Waals surface area contributed by atoms with Gasteiger partial charge < -0.3 is 10.0 Å². The molecule has 0 unspecified atom stereocenters. The van der Waals surface area contributed by atoms with Gasteiger partial charge in [0.15, 0.2) is 5.82 Å². The highest BCUT2D eigenvalue weighted by molar-refractivity contribution is 5.82. The number of aliphatic hydroxyl groups is 1. The maximum absolute atomic E-state index is 10.5.